The van der Waals surface area contributed by atoms with E-state index in [0.717, 1.165) is 22.5 Å². The van der Waals surface area contributed by atoms with Crippen LogP contribution in [0.5, 0.6) is 0 Å². The first kappa shape index (κ1) is 26.8. The van der Waals surface area contributed by atoms with Crippen LogP contribution >= 0.6 is 0 Å². The Labute approximate surface area is 222 Å². The first-order chi connectivity index (χ1) is 18.2. The number of morpholine rings is 1. The molecule has 2 N–H and O–H groups in total. The standard InChI is InChI=1S/C29H32N6O3/c1-19-5-6-23(34-28(37)22-8-9-31-26(13-22)29(3,4)18-30)15-25(19)21-7-10-32-27(14-21)35-11-12-38-24(17-35)16-33-20(2)36/h5-10,13-15,24H,11-12,16-17H2,1-4H3,(H,33,36)(H,34,37). The molecule has 3 aromatic rings. The summed E-state index contributed by atoms with van der Waals surface area (Å²) in [6.07, 6.45) is 3.23. The number of rotatable bonds is 7. The Morgan fingerprint density at radius 3 is 2.71 bits per heavy atom. The Bertz CT molecular complexity index is 1380. The van der Waals surface area contributed by atoms with Crippen molar-refractivity contribution in [2.24, 2.45) is 0 Å². The van der Waals surface area contributed by atoms with Gasteiger partial charge in [0.2, 0.25) is 5.91 Å². The number of nitriles is 1. The van der Waals surface area contributed by atoms with Gasteiger partial charge in [-0.25, -0.2) is 4.98 Å². The van der Waals surface area contributed by atoms with E-state index < -0.39 is 5.41 Å². The fourth-order valence-corrected chi connectivity index (χ4v) is 4.25. The van der Waals surface area contributed by atoms with Crippen molar-refractivity contribution in [3.8, 4) is 17.2 Å². The number of nitrogens with one attached hydrogen (secondary N) is 2. The minimum atomic E-state index is -0.795. The summed E-state index contributed by atoms with van der Waals surface area (Å²) in [5.41, 5.74) is 3.88. The second-order valence-electron chi connectivity index (χ2n) is 9.93. The first-order valence-electron chi connectivity index (χ1n) is 12.5. The summed E-state index contributed by atoms with van der Waals surface area (Å²) in [5.74, 6) is 0.478. The van der Waals surface area contributed by atoms with E-state index in [1.165, 1.54) is 6.92 Å². The number of carbonyl (C=O) groups excluding carboxylic acids is 2. The van der Waals surface area contributed by atoms with Gasteiger partial charge in [0.05, 0.1) is 29.9 Å². The number of hydrogen-bond acceptors (Lipinski definition) is 7. The van der Waals surface area contributed by atoms with Crippen LogP contribution in [0.3, 0.4) is 0 Å². The van der Waals surface area contributed by atoms with E-state index in [1.54, 1.807) is 38.4 Å². The number of aryl methyl sites for hydroxylation is 1. The molecule has 9 heteroatoms. The lowest BCUT2D eigenvalue weighted by molar-refractivity contribution is -0.119. The average Bonchev–Trinajstić information content (AvgIpc) is 2.93. The third kappa shape index (κ3) is 6.33. The van der Waals surface area contributed by atoms with Gasteiger partial charge in [-0.2, -0.15) is 5.26 Å². The SMILES string of the molecule is CC(=O)NCC1CN(c2cc(-c3cc(NC(=O)c4ccnc(C(C)(C)C#N)c4)ccc3C)ccn2)CCO1. The number of benzene rings is 1. The number of amides is 2. The number of hydrogen-bond donors (Lipinski definition) is 2. The molecule has 1 unspecified atom stereocenters. The molecular weight excluding hydrogens is 480 g/mol. The van der Waals surface area contributed by atoms with Crippen LogP contribution in [0.25, 0.3) is 11.1 Å². The summed E-state index contributed by atoms with van der Waals surface area (Å²) in [7, 11) is 0. The van der Waals surface area contributed by atoms with Crippen molar-refractivity contribution < 1.29 is 14.3 Å². The molecule has 1 atom stereocenters. The normalized spacial score (nSPS) is 15.4. The van der Waals surface area contributed by atoms with Crippen LogP contribution in [0.2, 0.25) is 0 Å². The maximum Gasteiger partial charge on any atom is 0.255 e. The van der Waals surface area contributed by atoms with E-state index in [-0.39, 0.29) is 17.9 Å². The predicted molar refractivity (Wildman–Crippen MR) is 146 cm³/mol. The number of nitrogens with zero attached hydrogens (tertiary/aromatic N) is 4. The van der Waals surface area contributed by atoms with Crippen LogP contribution in [0.1, 0.15) is 42.4 Å². The fraction of sp³-hybridized carbons (Fsp3) is 0.345. The third-order valence-corrected chi connectivity index (χ3v) is 6.54. The van der Waals surface area contributed by atoms with Crippen molar-refractivity contribution in [1.29, 1.82) is 5.26 Å². The van der Waals surface area contributed by atoms with Gasteiger partial charge < -0.3 is 20.3 Å². The Kier molecular flexibility index (Phi) is 8.03. The Hall–Kier alpha value is -4.29. The summed E-state index contributed by atoms with van der Waals surface area (Å²) < 4.78 is 5.79. The minimum Gasteiger partial charge on any atom is -0.373 e. The van der Waals surface area contributed by atoms with Crippen LogP contribution < -0.4 is 15.5 Å². The van der Waals surface area contributed by atoms with Gasteiger partial charge in [-0.15, -0.1) is 0 Å². The number of anilines is 2. The summed E-state index contributed by atoms with van der Waals surface area (Å²) in [4.78, 5) is 35.3. The van der Waals surface area contributed by atoms with E-state index in [0.29, 0.717) is 43.2 Å². The van der Waals surface area contributed by atoms with Gasteiger partial charge in [0, 0.05) is 50.2 Å². The van der Waals surface area contributed by atoms with Crippen molar-refractivity contribution in [2.45, 2.75) is 39.2 Å². The highest BCUT2D eigenvalue weighted by Crippen LogP contribution is 2.29. The van der Waals surface area contributed by atoms with Gasteiger partial charge in [0.25, 0.3) is 5.91 Å². The van der Waals surface area contributed by atoms with E-state index >= 15 is 0 Å². The van der Waals surface area contributed by atoms with Gasteiger partial charge in [0.1, 0.15) is 5.82 Å². The van der Waals surface area contributed by atoms with Gasteiger partial charge >= 0.3 is 0 Å². The van der Waals surface area contributed by atoms with E-state index in [1.807, 2.05) is 37.3 Å². The highest BCUT2D eigenvalue weighted by molar-refractivity contribution is 6.04. The van der Waals surface area contributed by atoms with Gasteiger partial charge in [-0.05, 0) is 73.9 Å². The molecule has 0 bridgehead atoms. The maximum atomic E-state index is 13.0. The number of carbonyl (C=O) groups is 2. The molecule has 38 heavy (non-hydrogen) atoms. The van der Waals surface area contributed by atoms with Crippen molar-refractivity contribution in [1.82, 2.24) is 15.3 Å². The topological polar surface area (TPSA) is 120 Å². The lowest BCUT2D eigenvalue weighted by Crippen LogP contribution is -2.47. The van der Waals surface area contributed by atoms with Crippen LogP contribution in [-0.2, 0) is 14.9 Å². The lowest BCUT2D eigenvalue weighted by atomic mass is 9.90. The zero-order valence-corrected chi connectivity index (χ0v) is 22.1. The molecule has 2 aromatic heterocycles. The molecule has 4 rings (SSSR count). The summed E-state index contributed by atoms with van der Waals surface area (Å²) in [5, 5.41) is 15.2. The number of ether oxygens (including phenoxy) is 1. The molecule has 9 nitrogen and oxygen atoms in total. The molecule has 0 spiro atoms. The van der Waals surface area contributed by atoms with Gasteiger partial charge in [-0.3, -0.25) is 14.6 Å². The van der Waals surface area contributed by atoms with Crippen LogP contribution in [0.15, 0.2) is 54.9 Å². The molecule has 0 aliphatic carbocycles. The zero-order valence-electron chi connectivity index (χ0n) is 22.1. The first-order valence-corrected chi connectivity index (χ1v) is 12.5. The largest absolute Gasteiger partial charge is 0.373 e. The Balaban J connectivity index is 1.53. The molecule has 1 aliphatic rings. The predicted octanol–water partition coefficient (Wildman–Crippen LogP) is 3.85. The van der Waals surface area contributed by atoms with Crippen LogP contribution in [0, 0.1) is 18.3 Å². The average molecular weight is 513 g/mol. The quantitative estimate of drug-likeness (QED) is 0.493. The molecule has 1 fully saturated rings. The zero-order chi connectivity index (χ0) is 27.3. The van der Waals surface area contributed by atoms with E-state index in [9.17, 15) is 14.9 Å². The molecule has 3 heterocycles. The lowest BCUT2D eigenvalue weighted by Gasteiger charge is -2.34. The Morgan fingerprint density at radius 1 is 1.16 bits per heavy atom. The smallest absolute Gasteiger partial charge is 0.255 e. The maximum absolute atomic E-state index is 13.0. The highest BCUT2D eigenvalue weighted by Gasteiger charge is 2.23. The summed E-state index contributed by atoms with van der Waals surface area (Å²) in [6.45, 7) is 9.41. The molecule has 2 amide bonds. The number of aromatic nitrogens is 2. The van der Waals surface area contributed by atoms with Crippen molar-refractivity contribution in [3.05, 3.63) is 71.7 Å². The van der Waals surface area contributed by atoms with Gasteiger partial charge in [-0.1, -0.05) is 6.07 Å². The van der Waals surface area contributed by atoms with Crippen LogP contribution in [-0.4, -0.2) is 54.1 Å². The second kappa shape index (κ2) is 11.4. The molecule has 196 valence electrons. The summed E-state index contributed by atoms with van der Waals surface area (Å²) >= 11 is 0. The van der Waals surface area contributed by atoms with Gasteiger partial charge in [0.15, 0.2) is 0 Å². The third-order valence-electron chi connectivity index (χ3n) is 6.54. The fourth-order valence-electron chi connectivity index (χ4n) is 4.25. The molecule has 1 saturated heterocycles. The molecule has 0 saturated carbocycles. The monoisotopic (exact) mass is 512 g/mol. The number of pyridine rings is 2. The molecule has 1 aromatic carbocycles. The minimum absolute atomic E-state index is 0.0799. The Morgan fingerprint density at radius 2 is 1.95 bits per heavy atom. The molecule has 1 aliphatic heterocycles. The second-order valence-corrected chi connectivity index (χ2v) is 9.93. The highest BCUT2D eigenvalue weighted by atomic mass is 16.5. The van der Waals surface area contributed by atoms with Crippen molar-refractivity contribution in [2.75, 3.05) is 36.5 Å². The van der Waals surface area contributed by atoms with Crippen LogP contribution in [0.4, 0.5) is 11.5 Å². The van der Waals surface area contributed by atoms with E-state index in [2.05, 4.69) is 31.6 Å². The van der Waals surface area contributed by atoms with E-state index in [4.69, 9.17) is 4.74 Å². The summed E-state index contributed by atoms with van der Waals surface area (Å²) in [6, 6.07) is 15.3. The molecular formula is C29H32N6O3. The van der Waals surface area contributed by atoms with Crippen molar-refractivity contribution >= 4 is 23.3 Å². The molecule has 0 radical (unpaired) electrons. The van der Waals surface area contributed by atoms with Crippen molar-refractivity contribution in [3.63, 3.8) is 0 Å².